The lowest BCUT2D eigenvalue weighted by Gasteiger charge is -2.36. The Balaban J connectivity index is 1.64. The van der Waals surface area contributed by atoms with Crippen molar-refractivity contribution >= 4 is 23.6 Å². The molecule has 3 heterocycles. The molecule has 0 spiro atoms. The molecule has 1 N–H and O–H groups in total. The van der Waals surface area contributed by atoms with E-state index in [1.165, 1.54) is 0 Å². The van der Waals surface area contributed by atoms with Crippen molar-refractivity contribution < 1.29 is 23.9 Å². The Morgan fingerprint density at radius 2 is 1.78 bits per heavy atom. The van der Waals surface area contributed by atoms with Gasteiger partial charge in [-0.3, -0.25) is 24.1 Å². The van der Waals surface area contributed by atoms with E-state index in [0.29, 0.717) is 70.0 Å². The molecule has 202 valence electrons. The van der Waals surface area contributed by atoms with Crippen molar-refractivity contribution in [3.05, 3.63) is 11.3 Å². The second-order valence-corrected chi connectivity index (χ2v) is 9.78. The van der Waals surface area contributed by atoms with Crippen LogP contribution in [-0.2, 0) is 23.9 Å². The van der Waals surface area contributed by atoms with Gasteiger partial charge in [-0.05, 0) is 40.0 Å². The van der Waals surface area contributed by atoms with Crippen LogP contribution in [0.3, 0.4) is 0 Å². The van der Waals surface area contributed by atoms with Crippen LogP contribution in [0.5, 0.6) is 0 Å². The van der Waals surface area contributed by atoms with Gasteiger partial charge in [-0.1, -0.05) is 0 Å². The Morgan fingerprint density at radius 3 is 2.42 bits per heavy atom. The number of ether oxygens (including phenoxy) is 1. The Hall–Kier alpha value is -2.46. The minimum atomic E-state index is -0.569. The smallest absolute Gasteiger partial charge is 0.251 e. The van der Waals surface area contributed by atoms with Crippen molar-refractivity contribution in [1.29, 1.82) is 0 Å². The summed E-state index contributed by atoms with van der Waals surface area (Å²) < 4.78 is 5.36. The van der Waals surface area contributed by atoms with Crippen molar-refractivity contribution in [2.75, 3.05) is 72.1 Å². The van der Waals surface area contributed by atoms with E-state index in [2.05, 4.69) is 10.2 Å². The van der Waals surface area contributed by atoms with Crippen LogP contribution >= 0.6 is 0 Å². The van der Waals surface area contributed by atoms with Gasteiger partial charge in [-0.15, -0.1) is 0 Å². The van der Waals surface area contributed by atoms with Crippen molar-refractivity contribution in [2.45, 2.75) is 52.9 Å². The summed E-state index contributed by atoms with van der Waals surface area (Å²) >= 11 is 0. The van der Waals surface area contributed by atoms with Gasteiger partial charge in [0.05, 0.1) is 19.1 Å². The molecule has 0 aliphatic carbocycles. The largest absolute Gasteiger partial charge is 0.379 e. The molecule has 2 saturated heterocycles. The third kappa shape index (κ3) is 7.29. The molecule has 10 heteroatoms. The van der Waals surface area contributed by atoms with Gasteiger partial charge in [-0.25, -0.2) is 0 Å². The lowest BCUT2D eigenvalue weighted by atomic mass is 9.88. The van der Waals surface area contributed by atoms with Gasteiger partial charge in [-0.2, -0.15) is 0 Å². The van der Waals surface area contributed by atoms with E-state index < -0.39 is 5.92 Å². The molecular weight excluding hydrogens is 462 g/mol. The molecule has 4 amide bonds. The van der Waals surface area contributed by atoms with E-state index in [1.807, 2.05) is 25.7 Å². The van der Waals surface area contributed by atoms with Gasteiger partial charge >= 0.3 is 0 Å². The first-order valence-electron chi connectivity index (χ1n) is 13.5. The average Bonchev–Trinajstić information content (AvgIpc) is 3.28. The number of nitrogens with one attached hydrogen (secondary N) is 1. The summed E-state index contributed by atoms with van der Waals surface area (Å²) in [7, 11) is 0. The van der Waals surface area contributed by atoms with Gasteiger partial charge in [0.25, 0.3) is 5.91 Å². The van der Waals surface area contributed by atoms with E-state index >= 15 is 0 Å². The van der Waals surface area contributed by atoms with Crippen LogP contribution in [0.25, 0.3) is 0 Å². The quantitative estimate of drug-likeness (QED) is 0.422. The summed E-state index contributed by atoms with van der Waals surface area (Å²) in [5.74, 6) is -0.753. The lowest BCUT2D eigenvalue weighted by Crippen LogP contribution is -2.46. The monoisotopic (exact) mass is 505 g/mol. The van der Waals surface area contributed by atoms with Crippen LogP contribution in [0, 0.1) is 5.92 Å². The number of amides is 4. The molecule has 0 radical (unpaired) electrons. The maximum Gasteiger partial charge on any atom is 0.251 e. The zero-order valence-electron chi connectivity index (χ0n) is 22.2. The molecule has 0 bridgehead atoms. The Kier molecular flexibility index (Phi) is 10.7. The lowest BCUT2D eigenvalue weighted by molar-refractivity contribution is -0.138. The fourth-order valence-corrected chi connectivity index (χ4v) is 5.25. The third-order valence-corrected chi connectivity index (χ3v) is 7.48. The standard InChI is InChI=1S/C26H43N5O5/c1-4-29(5-2)26(35)22-18-21(19-23(32)27-9-13-28-14-16-36-17-15-28)25(34)31(20(22)3)12-7-11-30-10-6-8-24(30)33/h21H,4-19H2,1-3H3,(H,27,32). The van der Waals surface area contributed by atoms with Crippen molar-refractivity contribution in [3.63, 3.8) is 0 Å². The predicted molar refractivity (Wildman–Crippen MR) is 136 cm³/mol. The highest BCUT2D eigenvalue weighted by Gasteiger charge is 2.37. The molecule has 2 fully saturated rings. The molecular formula is C26H43N5O5. The summed E-state index contributed by atoms with van der Waals surface area (Å²) in [5.41, 5.74) is 1.29. The number of likely N-dealkylation sites (tertiary alicyclic amines) is 1. The summed E-state index contributed by atoms with van der Waals surface area (Å²) in [5, 5.41) is 2.95. The second-order valence-electron chi connectivity index (χ2n) is 9.78. The van der Waals surface area contributed by atoms with E-state index in [9.17, 15) is 19.2 Å². The summed E-state index contributed by atoms with van der Waals surface area (Å²) in [6.45, 7) is 13.1. The van der Waals surface area contributed by atoms with Gasteiger partial charge in [0.1, 0.15) is 0 Å². The number of carbonyl (C=O) groups is 4. The normalized spacial score (nSPS) is 21.4. The molecule has 1 atom stereocenters. The Bertz CT molecular complexity index is 835. The van der Waals surface area contributed by atoms with Crippen LogP contribution in [0.2, 0.25) is 0 Å². The number of rotatable bonds is 12. The van der Waals surface area contributed by atoms with E-state index in [1.54, 1.807) is 9.80 Å². The van der Waals surface area contributed by atoms with Crippen LogP contribution in [0.15, 0.2) is 11.3 Å². The zero-order valence-corrected chi connectivity index (χ0v) is 22.2. The molecule has 3 aliphatic heterocycles. The number of allylic oxidation sites excluding steroid dienone is 1. The highest BCUT2D eigenvalue weighted by atomic mass is 16.5. The maximum atomic E-state index is 13.4. The fraction of sp³-hybridized carbons (Fsp3) is 0.769. The summed E-state index contributed by atoms with van der Waals surface area (Å²) in [4.78, 5) is 59.0. The first-order chi connectivity index (χ1) is 17.3. The van der Waals surface area contributed by atoms with Crippen LogP contribution < -0.4 is 5.32 Å². The van der Waals surface area contributed by atoms with Crippen LogP contribution in [0.4, 0.5) is 0 Å². The first kappa shape index (κ1) is 28.1. The minimum Gasteiger partial charge on any atom is -0.379 e. The number of hydrogen-bond acceptors (Lipinski definition) is 6. The molecule has 3 aliphatic rings. The topological polar surface area (TPSA) is 102 Å². The minimum absolute atomic E-state index is 0.0609. The molecule has 10 nitrogen and oxygen atoms in total. The highest BCUT2D eigenvalue weighted by molar-refractivity contribution is 5.98. The van der Waals surface area contributed by atoms with Gasteiger partial charge in [0.15, 0.2) is 0 Å². The number of morpholine rings is 1. The van der Waals surface area contributed by atoms with Gasteiger partial charge in [0.2, 0.25) is 17.7 Å². The average molecular weight is 506 g/mol. The molecule has 36 heavy (non-hydrogen) atoms. The Labute approximate surface area is 215 Å². The summed E-state index contributed by atoms with van der Waals surface area (Å²) in [6.07, 6.45) is 2.45. The zero-order chi connectivity index (χ0) is 26.1. The number of hydrogen-bond donors (Lipinski definition) is 1. The van der Waals surface area contributed by atoms with Crippen LogP contribution in [0.1, 0.15) is 52.9 Å². The fourth-order valence-electron chi connectivity index (χ4n) is 5.25. The molecule has 3 rings (SSSR count). The number of likely N-dealkylation sites (N-methyl/N-ethyl adjacent to an activating group) is 1. The molecule has 0 aromatic carbocycles. The van der Waals surface area contributed by atoms with E-state index in [4.69, 9.17) is 4.74 Å². The van der Waals surface area contributed by atoms with Gasteiger partial charge in [0, 0.05) is 83.0 Å². The van der Waals surface area contributed by atoms with Gasteiger partial charge < -0.3 is 24.8 Å². The third-order valence-electron chi connectivity index (χ3n) is 7.48. The molecule has 1 unspecified atom stereocenters. The number of carbonyl (C=O) groups excluding carboxylic acids is 4. The molecule has 0 saturated carbocycles. The van der Waals surface area contributed by atoms with Crippen molar-refractivity contribution in [1.82, 2.24) is 24.9 Å². The first-order valence-corrected chi connectivity index (χ1v) is 13.5. The second kappa shape index (κ2) is 13.7. The molecule has 0 aromatic heterocycles. The Morgan fingerprint density at radius 1 is 1.06 bits per heavy atom. The SMILES string of the molecule is CCN(CC)C(=O)C1=C(C)N(CCCN2CCCC2=O)C(=O)C(CC(=O)NCCN2CCOCC2)C1. The van der Waals surface area contributed by atoms with E-state index in [-0.39, 0.29) is 36.5 Å². The maximum absolute atomic E-state index is 13.4. The summed E-state index contributed by atoms with van der Waals surface area (Å²) in [6, 6.07) is 0. The van der Waals surface area contributed by atoms with Crippen molar-refractivity contribution in [2.24, 2.45) is 5.92 Å². The molecule has 0 aromatic rings. The highest BCUT2D eigenvalue weighted by Crippen LogP contribution is 2.31. The van der Waals surface area contributed by atoms with E-state index in [0.717, 1.165) is 32.6 Å². The number of nitrogens with zero attached hydrogens (tertiary/aromatic N) is 4. The van der Waals surface area contributed by atoms with Crippen LogP contribution in [-0.4, -0.2) is 115 Å². The van der Waals surface area contributed by atoms with Crippen molar-refractivity contribution in [3.8, 4) is 0 Å². The predicted octanol–water partition coefficient (Wildman–Crippen LogP) is 0.828.